The van der Waals surface area contributed by atoms with Crippen molar-refractivity contribution in [1.29, 1.82) is 0 Å². The van der Waals surface area contributed by atoms with Crippen LogP contribution in [-0.2, 0) is 4.79 Å². The Labute approximate surface area is 137 Å². The van der Waals surface area contributed by atoms with E-state index in [-0.39, 0.29) is 11.7 Å². The van der Waals surface area contributed by atoms with Crippen molar-refractivity contribution in [2.45, 2.75) is 5.50 Å². The molecule has 118 valence electrons. The van der Waals surface area contributed by atoms with Gasteiger partial charge in [0.2, 0.25) is 0 Å². The molecule has 1 aliphatic rings. The molecule has 0 spiro atoms. The van der Waals surface area contributed by atoms with Crippen molar-refractivity contribution in [2.24, 2.45) is 0 Å². The number of amides is 1. The number of benzene rings is 2. The number of thioether (sulfide) groups is 1. The largest absolute Gasteiger partial charge is 0.497 e. The van der Waals surface area contributed by atoms with Crippen LogP contribution in [0.3, 0.4) is 0 Å². The van der Waals surface area contributed by atoms with E-state index >= 15 is 0 Å². The second kappa shape index (κ2) is 6.75. The highest BCUT2D eigenvalue weighted by molar-refractivity contribution is 8.05. The van der Waals surface area contributed by atoms with E-state index in [0.717, 1.165) is 11.3 Å². The highest BCUT2D eigenvalue weighted by atomic mass is 32.2. The van der Waals surface area contributed by atoms with Crippen LogP contribution < -0.4 is 15.4 Å². The molecule has 0 radical (unpaired) electrons. The highest BCUT2D eigenvalue weighted by Crippen LogP contribution is 2.31. The standard InChI is InChI=1S/C17H15FN2O2S/c1-22-12-6-4-5-11(9-12)10-15-16(21)20-17(23-15)19-14-8-3-2-7-13(14)18/h2-10,17,19H,1H3,(H,20,21)/b15-10-. The lowest BCUT2D eigenvalue weighted by Crippen LogP contribution is -2.31. The van der Waals surface area contributed by atoms with Gasteiger partial charge in [-0.2, -0.15) is 0 Å². The Bertz CT molecular complexity index is 764. The molecule has 1 heterocycles. The number of halogens is 1. The molecule has 23 heavy (non-hydrogen) atoms. The van der Waals surface area contributed by atoms with Gasteiger partial charge in [-0.3, -0.25) is 4.79 Å². The van der Waals surface area contributed by atoms with Crippen LogP contribution in [0.5, 0.6) is 5.75 Å². The van der Waals surface area contributed by atoms with E-state index in [1.807, 2.05) is 24.3 Å². The molecule has 1 unspecified atom stereocenters. The van der Waals surface area contributed by atoms with Crippen LogP contribution in [-0.4, -0.2) is 18.5 Å². The van der Waals surface area contributed by atoms with Crippen molar-refractivity contribution < 1.29 is 13.9 Å². The van der Waals surface area contributed by atoms with Crippen molar-refractivity contribution in [3.8, 4) is 5.75 Å². The fourth-order valence-corrected chi connectivity index (χ4v) is 3.14. The SMILES string of the molecule is COc1cccc(/C=C2\SC(Nc3ccccc3F)NC2=O)c1. The van der Waals surface area contributed by atoms with Crippen molar-refractivity contribution in [3.63, 3.8) is 0 Å². The maximum atomic E-state index is 13.7. The van der Waals surface area contributed by atoms with E-state index in [9.17, 15) is 9.18 Å². The lowest BCUT2D eigenvalue weighted by Gasteiger charge is -2.12. The van der Waals surface area contributed by atoms with E-state index < -0.39 is 5.50 Å². The third-order valence-corrected chi connectivity index (χ3v) is 4.31. The Morgan fingerprint density at radius 2 is 2.09 bits per heavy atom. The molecular weight excluding hydrogens is 315 g/mol. The zero-order valence-electron chi connectivity index (χ0n) is 12.4. The average molecular weight is 330 g/mol. The molecule has 1 atom stereocenters. The maximum absolute atomic E-state index is 13.7. The Morgan fingerprint density at radius 3 is 2.87 bits per heavy atom. The van der Waals surface area contributed by atoms with Gasteiger partial charge in [0.05, 0.1) is 17.7 Å². The summed E-state index contributed by atoms with van der Waals surface area (Å²) >= 11 is 1.31. The first-order valence-corrected chi connectivity index (χ1v) is 7.88. The summed E-state index contributed by atoms with van der Waals surface area (Å²) in [6.07, 6.45) is 1.78. The zero-order valence-corrected chi connectivity index (χ0v) is 13.2. The fraction of sp³-hybridized carbons (Fsp3) is 0.118. The van der Waals surface area contributed by atoms with Gasteiger partial charge in [0.1, 0.15) is 11.6 Å². The van der Waals surface area contributed by atoms with Crippen LogP contribution in [0.1, 0.15) is 5.56 Å². The summed E-state index contributed by atoms with van der Waals surface area (Å²) in [5.74, 6) is 0.183. The highest BCUT2D eigenvalue weighted by Gasteiger charge is 2.27. The van der Waals surface area contributed by atoms with Gasteiger partial charge >= 0.3 is 0 Å². The smallest absolute Gasteiger partial charge is 0.260 e. The number of rotatable bonds is 4. The molecule has 1 amide bonds. The summed E-state index contributed by atoms with van der Waals surface area (Å²) in [7, 11) is 1.59. The molecule has 0 aliphatic carbocycles. The van der Waals surface area contributed by atoms with Gasteiger partial charge in [-0.15, -0.1) is 0 Å². The summed E-state index contributed by atoms with van der Waals surface area (Å²) in [5.41, 5.74) is 0.817. The van der Waals surface area contributed by atoms with E-state index in [1.54, 1.807) is 31.4 Å². The Morgan fingerprint density at radius 1 is 1.26 bits per heavy atom. The number of carbonyl (C=O) groups is 1. The van der Waals surface area contributed by atoms with E-state index in [0.29, 0.717) is 10.6 Å². The number of anilines is 1. The number of hydrogen-bond donors (Lipinski definition) is 2. The van der Waals surface area contributed by atoms with Crippen molar-refractivity contribution in [3.05, 3.63) is 64.8 Å². The molecule has 2 aromatic rings. The fourth-order valence-electron chi connectivity index (χ4n) is 2.17. The van der Waals surface area contributed by atoms with Gasteiger partial charge in [-0.05, 0) is 35.9 Å². The van der Waals surface area contributed by atoms with Gasteiger partial charge in [-0.25, -0.2) is 4.39 Å². The molecule has 4 nitrogen and oxygen atoms in total. The average Bonchev–Trinajstić information content (AvgIpc) is 2.89. The summed E-state index contributed by atoms with van der Waals surface area (Å²) in [6, 6.07) is 13.8. The predicted octanol–water partition coefficient (Wildman–Crippen LogP) is 3.43. The van der Waals surface area contributed by atoms with E-state index in [2.05, 4.69) is 10.6 Å². The Kier molecular flexibility index (Phi) is 4.52. The molecule has 1 fully saturated rings. The number of hydrogen-bond acceptors (Lipinski definition) is 4. The first-order valence-electron chi connectivity index (χ1n) is 7.00. The molecule has 0 saturated carbocycles. The number of methoxy groups -OCH3 is 1. The van der Waals surface area contributed by atoms with Crippen LogP contribution in [0.15, 0.2) is 53.4 Å². The minimum Gasteiger partial charge on any atom is -0.497 e. The first kappa shape index (κ1) is 15.4. The molecule has 2 aromatic carbocycles. The molecule has 6 heteroatoms. The van der Waals surface area contributed by atoms with Crippen LogP contribution in [0.25, 0.3) is 6.08 Å². The Balaban J connectivity index is 1.74. The second-order valence-electron chi connectivity index (χ2n) is 4.88. The van der Waals surface area contributed by atoms with Gasteiger partial charge < -0.3 is 15.4 Å². The lowest BCUT2D eigenvalue weighted by atomic mass is 10.2. The summed E-state index contributed by atoms with van der Waals surface area (Å²) < 4.78 is 18.8. The second-order valence-corrected chi connectivity index (χ2v) is 6.03. The molecule has 0 bridgehead atoms. The number of para-hydroxylation sites is 1. The maximum Gasteiger partial charge on any atom is 0.260 e. The molecule has 1 saturated heterocycles. The first-order chi connectivity index (χ1) is 11.2. The van der Waals surface area contributed by atoms with Crippen LogP contribution in [0, 0.1) is 5.82 Å². The van der Waals surface area contributed by atoms with Gasteiger partial charge in [-0.1, -0.05) is 36.0 Å². The number of nitrogens with one attached hydrogen (secondary N) is 2. The number of ether oxygens (including phenoxy) is 1. The van der Waals surface area contributed by atoms with Gasteiger partial charge in [0.25, 0.3) is 5.91 Å². The monoisotopic (exact) mass is 330 g/mol. The molecule has 1 aliphatic heterocycles. The molecular formula is C17H15FN2O2S. The van der Waals surface area contributed by atoms with Crippen LogP contribution in [0.2, 0.25) is 0 Å². The van der Waals surface area contributed by atoms with Crippen molar-refractivity contribution in [2.75, 3.05) is 12.4 Å². The van der Waals surface area contributed by atoms with Gasteiger partial charge in [0.15, 0.2) is 5.50 Å². The quantitative estimate of drug-likeness (QED) is 0.843. The van der Waals surface area contributed by atoms with E-state index in [4.69, 9.17) is 4.74 Å². The van der Waals surface area contributed by atoms with E-state index in [1.165, 1.54) is 17.8 Å². The minimum absolute atomic E-state index is 0.188. The normalized spacial score (nSPS) is 18.8. The zero-order chi connectivity index (χ0) is 16.2. The summed E-state index contributed by atoms with van der Waals surface area (Å²) in [4.78, 5) is 12.6. The summed E-state index contributed by atoms with van der Waals surface area (Å²) in [6.45, 7) is 0. The molecule has 0 aromatic heterocycles. The summed E-state index contributed by atoms with van der Waals surface area (Å²) in [5, 5.41) is 5.74. The lowest BCUT2D eigenvalue weighted by molar-refractivity contribution is -0.116. The molecule has 3 rings (SSSR count). The topological polar surface area (TPSA) is 50.4 Å². The minimum atomic E-state index is -0.406. The number of carbonyl (C=O) groups excluding carboxylic acids is 1. The third kappa shape index (κ3) is 3.65. The third-order valence-electron chi connectivity index (χ3n) is 3.28. The Hall–Kier alpha value is -2.47. The van der Waals surface area contributed by atoms with Crippen LogP contribution >= 0.6 is 11.8 Å². The molecule has 2 N–H and O–H groups in total. The van der Waals surface area contributed by atoms with Crippen molar-refractivity contribution in [1.82, 2.24) is 5.32 Å². The predicted molar refractivity (Wildman–Crippen MR) is 90.5 cm³/mol. The van der Waals surface area contributed by atoms with Crippen LogP contribution in [0.4, 0.5) is 10.1 Å². The van der Waals surface area contributed by atoms with Gasteiger partial charge in [0, 0.05) is 0 Å². The van der Waals surface area contributed by atoms with Crippen molar-refractivity contribution >= 4 is 29.4 Å².